The van der Waals surface area contributed by atoms with E-state index in [0.717, 1.165) is 11.8 Å². The van der Waals surface area contributed by atoms with E-state index in [4.69, 9.17) is 0 Å². The van der Waals surface area contributed by atoms with E-state index in [1.807, 2.05) is 0 Å². The number of rotatable bonds is 1. The van der Waals surface area contributed by atoms with Gasteiger partial charge in [-0.25, -0.2) is 0 Å². The molecule has 2 rings (SSSR count). The number of hydrogen-bond donors (Lipinski definition) is 0. The fourth-order valence-electron chi connectivity index (χ4n) is 3.35. The van der Waals surface area contributed by atoms with Gasteiger partial charge in [0.2, 0.25) is 0 Å². The van der Waals surface area contributed by atoms with Crippen molar-refractivity contribution in [3.63, 3.8) is 0 Å². The molecule has 0 heterocycles. The third-order valence-corrected chi connectivity index (χ3v) is 4.59. The molecule has 2 aliphatic rings. The Labute approximate surface area is 94.5 Å². The average molecular weight is 204 g/mol. The Bertz CT molecular complexity index is 295. The van der Waals surface area contributed by atoms with Crippen molar-refractivity contribution in [3.8, 4) is 0 Å². The molecule has 0 nitrogen and oxygen atoms in total. The van der Waals surface area contributed by atoms with Crippen LogP contribution in [-0.4, -0.2) is 0 Å². The van der Waals surface area contributed by atoms with Crippen molar-refractivity contribution in [2.24, 2.45) is 17.3 Å². The molecule has 0 aromatic carbocycles. The molecule has 0 aromatic rings. The summed E-state index contributed by atoms with van der Waals surface area (Å²) in [4.78, 5) is 0. The molecular formula is C15H24. The van der Waals surface area contributed by atoms with Gasteiger partial charge in [0.1, 0.15) is 0 Å². The molecular weight excluding hydrogens is 180 g/mol. The highest BCUT2D eigenvalue weighted by molar-refractivity contribution is 5.22. The minimum atomic E-state index is 0.535. The van der Waals surface area contributed by atoms with Crippen LogP contribution in [0.4, 0.5) is 0 Å². The predicted molar refractivity (Wildman–Crippen MR) is 66.7 cm³/mol. The van der Waals surface area contributed by atoms with Gasteiger partial charge in [-0.2, -0.15) is 0 Å². The van der Waals surface area contributed by atoms with Gasteiger partial charge < -0.3 is 0 Å². The van der Waals surface area contributed by atoms with Crippen LogP contribution in [0.3, 0.4) is 0 Å². The first-order chi connectivity index (χ1) is 7.03. The van der Waals surface area contributed by atoms with Crippen LogP contribution >= 0.6 is 0 Å². The largest absolute Gasteiger partial charge is 0.0995 e. The summed E-state index contributed by atoms with van der Waals surface area (Å²) >= 11 is 0. The summed E-state index contributed by atoms with van der Waals surface area (Å²) in [6, 6.07) is 0. The van der Waals surface area contributed by atoms with Crippen molar-refractivity contribution >= 4 is 0 Å². The maximum Gasteiger partial charge on any atom is -0.0112 e. The molecule has 0 unspecified atom stereocenters. The molecule has 2 atom stereocenters. The van der Waals surface area contributed by atoms with E-state index in [9.17, 15) is 0 Å². The standard InChI is InChI=1S/C15H24/c1-11(2)13-7-9-15(4)8-5-6-12(3)14(15)10-13/h7,11,14H,3,5-6,8-10H2,1-2,4H3/t14-,15+/m0/s1. The first-order valence-corrected chi connectivity index (χ1v) is 6.39. The topological polar surface area (TPSA) is 0 Å². The average Bonchev–Trinajstić information content (AvgIpc) is 2.17. The Morgan fingerprint density at radius 1 is 1.47 bits per heavy atom. The normalized spacial score (nSPS) is 36.4. The van der Waals surface area contributed by atoms with Gasteiger partial charge in [-0.1, -0.05) is 44.6 Å². The van der Waals surface area contributed by atoms with Crippen LogP contribution in [0.25, 0.3) is 0 Å². The zero-order valence-corrected chi connectivity index (χ0v) is 10.5. The summed E-state index contributed by atoms with van der Waals surface area (Å²) in [5.74, 6) is 1.50. The quantitative estimate of drug-likeness (QED) is 0.542. The smallest absolute Gasteiger partial charge is 0.0112 e. The number of fused-ring (bicyclic) bond motifs is 1. The lowest BCUT2D eigenvalue weighted by Crippen LogP contribution is -2.35. The molecule has 15 heavy (non-hydrogen) atoms. The minimum Gasteiger partial charge on any atom is -0.0995 e. The summed E-state index contributed by atoms with van der Waals surface area (Å²) in [5, 5.41) is 0. The first-order valence-electron chi connectivity index (χ1n) is 6.39. The van der Waals surface area contributed by atoms with E-state index in [2.05, 4.69) is 33.4 Å². The second-order valence-electron chi connectivity index (χ2n) is 6.06. The van der Waals surface area contributed by atoms with Crippen LogP contribution in [0.5, 0.6) is 0 Å². The minimum absolute atomic E-state index is 0.535. The summed E-state index contributed by atoms with van der Waals surface area (Å²) in [6.07, 6.45) is 9.11. The Morgan fingerprint density at radius 2 is 2.20 bits per heavy atom. The molecule has 2 aliphatic carbocycles. The fraction of sp³-hybridized carbons (Fsp3) is 0.733. The molecule has 0 bridgehead atoms. The third kappa shape index (κ3) is 1.91. The molecule has 0 amide bonds. The maximum absolute atomic E-state index is 4.31. The van der Waals surface area contributed by atoms with Gasteiger partial charge in [0, 0.05) is 0 Å². The first kappa shape index (κ1) is 11.0. The zero-order valence-electron chi connectivity index (χ0n) is 10.5. The van der Waals surface area contributed by atoms with E-state index in [0.29, 0.717) is 5.41 Å². The molecule has 0 heteroatoms. The summed E-state index contributed by atoms with van der Waals surface area (Å²) < 4.78 is 0. The zero-order chi connectivity index (χ0) is 11.1. The lowest BCUT2D eigenvalue weighted by molar-refractivity contribution is 0.152. The van der Waals surface area contributed by atoms with Gasteiger partial charge >= 0.3 is 0 Å². The van der Waals surface area contributed by atoms with Crippen molar-refractivity contribution in [2.75, 3.05) is 0 Å². The Hall–Kier alpha value is -0.520. The predicted octanol–water partition coefficient (Wildman–Crippen LogP) is 4.73. The lowest BCUT2D eigenvalue weighted by atomic mass is 9.59. The van der Waals surface area contributed by atoms with Gasteiger partial charge in [-0.15, -0.1) is 0 Å². The summed E-state index contributed by atoms with van der Waals surface area (Å²) in [7, 11) is 0. The Morgan fingerprint density at radius 3 is 2.87 bits per heavy atom. The van der Waals surface area contributed by atoms with Crippen molar-refractivity contribution in [1.82, 2.24) is 0 Å². The fourth-order valence-corrected chi connectivity index (χ4v) is 3.35. The highest BCUT2D eigenvalue weighted by atomic mass is 14.4. The van der Waals surface area contributed by atoms with Crippen LogP contribution in [0.1, 0.15) is 52.9 Å². The molecule has 0 spiro atoms. The second kappa shape index (κ2) is 3.81. The van der Waals surface area contributed by atoms with Crippen molar-refractivity contribution in [2.45, 2.75) is 52.9 Å². The molecule has 1 saturated carbocycles. The monoisotopic (exact) mass is 204 g/mol. The SMILES string of the molecule is C=C1CCC[C@]2(C)CC=C(C(C)C)C[C@@H]12. The lowest BCUT2D eigenvalue weighted by Gasteiger charge is -2.46. The van der Waals surface area contributed by atoms with Crippen LogP contribution in [0.2, 0.25) is 0 Å². The molecule has 0 aliphatic heterocycles. The molecule has 0 saturated heterocycles. The van der Waals surface area contributed by atoms with Crippen LogP contribution in [-0.2, 0) is 0 Å². The van der Waals surface area contributed by atoms with Crippen molar-refractivity contribution in [1.29, 1.82) is 0 Å². The number of hydrogen-bond acceptors (Lipinski definition) is 0. The van der Waals surface area contributed by atoms with E-state index in [1.54, 1.807) is 5.57 Å². The van der Waals surface area contributed by atoms with Gasteiger partial charge in [0.15, 0.2) is 0 Å². The summed E-state index contributed by atoms with van der Waals surface area (Å²) in [5.41, 5.74) is 3.73. The molecule has 0 N–H and O–H groups in total. The van der Waals surface area contributed by atoms with Gasteiger partial charge in [-0.3, -0.25) is 0 Å². The highest BCUT2D eigenvalue weighted by Crippen LogP contribution is 2.52. The Balaban J connectivity index is 2.23. The van der Waals surface area contributed by atoms with Crippen molar-refractivity contribution in [3.05, 3.63) is 23.8 Å². The third-order valence-electron chi connectivity index (χ3n) is 4.59. The summed E-state index contributed by atoms with van der Waals surface area (Å²) in [6.45, 7) is 11.4. The molecule has 0 aromatic heterocycles. The molecule has 84 valence electrons. The van der Waals surface area contributed by atoms with Gasteiger partial charge in [-0.05, 0) is 49.4 Å². The maximum atomic E-state index is 4.31. The molecule has 0 radical (unpaired) electrons. The number of allylic oxidation sites excluding steroid dienone is 3. The van der Waals surface area contributed by atoms with E-state index in [-0.39, 0.29) is 0 Å². The van der Waals surface area contributed by atoms with Crippen LogP contribution in [0, 0.1) is 17.3 Å². The van der Waals surface area contributed by atoms with Crippen molar-refractivity contribution < 1.29 is 0 Å². The second-order valence-corrected chi connectivity index (χ2v) is 6.06. The Kier molecular flexibility index (Phi) is 2.79. The molecule has 1 fully saturated rings. The van der Waals surface area contributed by atoms with Crippen LogP contribution in [0.15, 0.2) is 23.8 Å². The van der Waals surface area contributed by atoms with E-state index >= 15 is 0 Å². The van der Waals surface area contributed by atoms with Crippen LogP contribution < -0.4 is 0 Å². The van der Waals surface area contributed by atoms with E-state index in [1.165, 1.54) is 37.7 Å². The van der Waals surface area contributed by atoms with E-state index < -0.39 is 0 Å². The van der Waals surface area contributed by atoms with Gasteiger partial charge in [0.05, 0.1) is 0 Å². The highest BCUT2D eigenvalue weighted by Gasteiger charge is 2.40. The van der Waals surface area contributed by atoms with Gasteiger partial charge in [0.25, 0.3) is 0 Å².